The predicted molar refractivity (Wildman–Crippen MR) is 73.1 cm³/mol. The van der Waals surface area contributed by atoms with Gasteiger partial charge < -0.3 is 9.72 Å². The van der Waals surface area contributed by atoms with Crippen LogP contribution in [0.3, 0.4) is 0 Å². The normalized spacial score (nSPS) is 16.4. The van der Waals surface area contributed by atoms with Crippen LogP contribution in [0.2, 0.25) is 0 Å². The average Bonchev–Trinajstić information content (AvgIpc) is 2.48. The molecule has 0 amide bonds. The van der Waals surface area contributed by atoms with E-state index in [1.807, 2.05) is 30.3 Å². The summed E-state index contributed by atoms with van der Waals surface area (Å²) in [5.41, 5.74) is 1.63. The van der Waals surface area contributed by atoms with Gasteiger partial charge in [-0.3, -0.25) is 4.79 Å². The minimum absolute atomic E-state index is 0.0876. The number of nitrogens with zero attached hydrogens (tertiary/aromatic N) is 1. The number of aromatic nitrogens is 2. The molecule has 2 heterocycles. The van der Waals surface area contributed by atoms with Gasteiger partial charge in [0.15, 0.2) is 0 Å². The number of nitrogens with one attached hydrogen (secondary N) is 1. The maximum atomic E-state index is 11.8. The van der Waals surface area contributed by atoms with E-state index in [1.165, 1.54) is 0 Å². The molecule has 0 bridgehead atoms. The third-order valence-electron chi connectivity index (χ3n) is 3.44. The fraction of sp³-hybridized carbons (Fsp3) is 0.333. The van der Waals surface area contributed by atoms with Gasteiger partial charge >= 0.3 is 0 Å². The van der Waals surface area contributed by atoms with Crippen LogP contribution in [0.25, 0.3) is 11.3 Å². The van der Waals surface area contributed by atoms with Gasteiger partial charge in [-0.25, -0.2) is 4.98 Å². The Hall–Kier alpha value is -1.94. The Morgan fingerprint density at radius 3 is 2.63 bits per heavy atom. The summed E-state index contributed by atoms with van der Waals surface area (Å²) in [4.78, 5) is 19.3. The van der Waals surface area contributed by atoms with Crippen molar-refractivity contribution in [2.45, 2.75) is 18.8 Å². The lowest BCUT2D eigenvalue weighted by Gasteiger charge is -2.21. The molecule has 0 unspecified atom stereocenters. The van der Waals surface area contributed by atoms with E-state index in [0.717, 1.165) is 43.1 Å². The van der Waals surface area contributed by atoms with Crippen LogP contribution in [0, 0.1) is 0 Å². The summed E-state index contributed by atoms with van der Waals surface area (Å²) in [6.07, 6.45) is 1.84. The predicted octanol–water partition coefficient (Wildman–Crippen LogP) is 2.33. The van der Waals surface area contributed by atoms with Crippen LogP contribution in [0.15, 0.2) is 41.2 Å². The highest BCUT2D eigenvalue weighted by Gasteiger charge is 2.18. The lowest BCUT2D eigenvalue weighted by Crippen LogP contribution is -2.20. The molecule has 1 N–H and O–H groups in total. The van der Waals surface area contributed by atoms with Gasteiger partial charge in [0.2, 0.25) is 0 Å². The fourth-order valence-corrected chi connectivity index (χ4v) is 2.40. The van der Waals surface area contributed by atoms with Gasteiger partial charge in [0.05, 0.1) is 5.69 Å². The first kappa shape index (κ1) is 12.1. The molecular weight excluding hydrogens is 240 g/mol. The minimum Gasteiger partial charge on any atom is -0.381 e. The summed E-state index contributed by atoms with van der Waals surface area (Å²) in [5.74, 6) is 1.08. The van der Waals surface area contributed by atoms with Crippen LogP contribution in [-0.2, 0) is 4.74 Å². The molecule has 1 aliphatic rings. The van der Waals surface area contributed by atoms with Crippen molar-refractivity contribution in [3.63, 3.8) is 0 Å². The maximum Gasteiger partial charge on any atom is 0.251 e. The lowest BCUT2D eigenvalue weighted by molar-refractivity contribution is 0.0835. The Kier molecular flexibility index (Phi) is 3.42. The van der Waals surface area contributed by atoms with Crippen molar-refractivity contribution in [2.24, 2.45) is 0 Å². The first-order chi connectivity index (χ1) is 9.33. The number of hydrogen-bond acceptors (Lipinski definition) is 3. The number of aromatic amines is 1. The van der Waals surface area contributed by atoms with Crippen LogP contribution >= 0.6 is 0 Å². The van der Waals surface area contributed by atoms with Crippen LogP contribution in [-0.4, -0.2) is 23.2 Å². The molecular formula is C15H16N2O2. The molecule has 1 aromatic carbocycles. The summed E-state index contributed by atoms with van der Waals surface area (Å²) in [5, 5.41) is 0. The van der Waals surface area contributed by atoms with Gasteiger partial charge in [-0.15, -0.1) is 0 Å². The van der Waals surface area contributed by atoms with Crippen LogP contribution in [0.4, 0.5) is 0 Å². The van der Waals surface area contributed by atoms with Gasteiger partial charge in [-0.2, -0.15) is 0 Å². The molecule has 98 valence electrons. The van der Waals surface area contributed by atoms with Gasteiger partial charge in [0.1, 0.15) is 5.82 Å². The topological polar surface area (TPSA) is 55.0 Å². The first-order valence-corrected chi connectivity index (χ1v) is 6.57. The molecule has 1 saturated heterocycles. The Labute approximate surface area is 111 Å². The molecule has 1 aliphatic heterocycles. The Morgan fingerprint density at radius 1 is 1.16 bits per heavy atom. The molecule has 4 nitrogen and oxygen atoms in total. The minimum atomic E-state index is -0.0876. The fourth-order valence-electron chi connectivity index (χ4n) is 2.40. The smallest absolute Gasteiger partial charge is 0.251 e. The lowest BCUT2D eigenvalue weighted by atomic mass is 9.99. The molecule has 0 saturated carbocycles. The van der Waals surface area contributed by atoms with Crippen LogP contribution in [0.1, 0.15) is 24.6 Å². The van der Waals surface area contributed by atoms with Crippen LogP contribution in [0.5, 0.6) is 0 Å². The van der Waals surface area contributed by atoms with E-state index in [1.54, 1.807) is 6.07 Å². The second-order valence-electron chi connectivity index (χ2n) is 4.77. The van der Waals surface area contributed by atoms with Gasteiger partial charge in [0, 0.05) is 30.8 Å². The van der Waals surface area contributed by atoms with E-state index < -0.39 is 0 Å². The van der Waals surface area contributed by atoms with E-state index in [4.69, 9.17) is 4.74 Å². The number of hydrogen-bond donors (Lipinski definition) is 1. The monoisotopic (exact) mass is 256 g/mol. The van der Waals surface area contributed by atoms with Crippen LogP contribution < -0.4 is 5.56 Å². The maximum absolute atomic E-state index is 11.8. The number of ether oxygens (including phenoxy) is 1. The van der Waals surface area contributed by atoms with Gasteiger partial charge in [-0.05, 0) is 12.8 Å². The zero-order valence-corrected chi connectivity index (χ0v) is 10.6. The van der Waals surface area contributed by atoms with Crippen molar-refractivity contribution in [3.8, 4) is 11.3 Å². The first-order valence-electron chi connectivity index (χ1n) is 6.57. The quantitative estimate of drug-likeness (QED) is 0.897. The van der Waals surface area contributed by atoms with E-state index >= 15 is 0 Å². The molecule has 19 heavy (non-hydrogen) atoms. The highest BCUT2D eigenvalue weighted by atomic mass is 16.5. The summed E-state index contributed by atoms with van der Waals surface area (Å²) in [6.45, 7) is 1.48. The second kappa shape index (κ2) is 5.36. The van der Waals surface area contributed by atoms with Crippen molar-refractivity contribution in [2.75, 3.05) is 13.2 Å². The highest BCUT2D eigenvalue weighted by molar-refractivity contribution is 5.58. The van der Waals surface area contributed by atoms with E-state index in [9.17, 15) is 4.79 Å². The Balaban J connectivity index is 1.98. The summed E-state index contributed by atoms with van der Waals surface area (Å²) >= 11 is 0. The number of H-pyrrole nitrogens is 1. The van der Waals surface area contributed by atoms with Crippen molar-refractivity contribution < 1.29 is 4.74 Å². The zero-order chi connectivity index (χ0) is 13.1. The van der Waals surface area contributed by atoms with Crippen molar-refractivity contribution in [3.05, 3.63) is 52.6 Å². The molecule has 0 atom stereocenters. The molecule has 0 spiro atoms. The summed E-state index contributed by atoms with van der Waals surface area (Å²) in [7, 11) is 0. The van der Waals surface area contributed by atoms with Gasteiger partial charge in [-0.1, -0.05) is 30.3 Å². The molecule has 2 aromatic rings. The number of rotatable bonds is 2. The SMILES string of the molecule is O=c1cc(-c2ccccc2)nc(C2CCOCC2)[nH]1. The zero-order valence-electron chi connectivity index (χ0n) is 10.6. The molecule has 1 aromatic heterocycles. The molecule has 4 heteroatoms. The van der Waals surface area contributed by atoms with Crippen molar-refractivity contribution in [1.82, 2.24) is 9.97 Å². The molecule has 0 radical (unpaired) electrons. The second-order valence-corrected chi connectivity index (χ2v) is 4.77. The largest absolute Gasteiger partial charge is 0.381 e. The third-order valence-corrected chi connectivity index (χ3v) is 3.44. The Morgan fingerprint density at radius 2 is 1.89 bits per heavy atom. The van der Waals surface area contributed by atoms with Crippen molar-refractivity contribution >= 4 is 0 Å². The number of benzene rings is 1. The molecule has 0 aliphatic carbocycles. The Bertz CT molecular complexity index is 601. The standard InChI is InChI=1S/C15H16N2O2/c18-14-10-13(11-4-2-1-3-5-11)16-15(17-14)12-6-8-19-9-7-12/h1-5,10,12H,6-9H2,(H,16,17,18). The van der Waals surface area contributed by atoms with Gasteiger partial charge in [0.25, 0.3) is 5.56 Å². The summed E-state index contributed by atoms with van der Waals surface area (Å²) in [6, 6.07) is 11.3. The van der Waals surface area contributed by atoms with E-state index in [2.05, 4.69) is 9.97 Å². The highest BCUT2D eigenvalue weighted by Crippen LogP contribution is 2.24. The molecule has 3 rings (SSSR count). The third kappa shape index (κ3) is 2.74. The van der Waals surface area contributed by atoms with E-state index in [-0.39, 0.29) is 5.56 Å². The molecule has 1 fully saturated rings. The van der Waals surface area contributed by atoms with Crippen molar-refractivity contribution in [1.29, 1.82) is 0 Å². The summed E-state index contributed by atoms with van der Waals surface area (Å²) < 4.78 is 5.35. The average molecular weight is 256 g/mol. The van der Waals surface area contributed by atoms with E-state index in [0.29, 0.717) is 5.92 Å².